The summed E-state index contributed by atoms with van der Waals surface area (Å²) in [6.45, 7) is 1.80. The zero-order valence-corrected chi connectivity index (χ0v) is 12.9. The van der Waals surface area contributed by atoms with Gasteiger partial charge in [-0.2, -0.15) is 0 Å². The summed E-state index contributed by atoms with van der Waals surface area (Å²) in [5.41, 5.74) is 6.40. The van der Waals surface area contributed by atoms with Gasteiger partial charge in [0.25, 0.3) is 0 Å². The van der Waals surface area contributed by atoms with Crippen molar-refractivity contribution in [2.45, 2.75) is 31.6 Å². The number of hydrogen-bond acceptors (Lipinski definition) is 5. The zero-order chi connectivity index (χ0) is 15.5. The Morgan fingerprint density at radius 3 is 2.91 bits per heavy atom. The molecule has 22 heavy (non-hydrogen) atoms. The highest BCUT2D eigenvalue weighted by Gasteiger charge is 2.29. The van der Waals surface area contributed by atoms with Crippen LogP contribution in [-0.2, 0) is 16.1 Å². The third-order valence-corrected chi connectivity index (χ3v) is 4.07. The molecule has 0 bridgehead atoms. The van der Waals surface area contributed by atoms with Gasteiger partial charge in [0, 0.05) is 13.1 Å². The molecule has 1 fully saturated rings. The number of carbonyl (C=O) groups is 1. The van der Waals surface area contributed by atoms with Crippen LogP contribution in [0.15, 0.2) is 12.1 Å². The van der Waals surface area contributed by atoms with Crippen LogP contribution in [0.5, 0.6) is 11.5 Å². The number of nitrogens with one attached hydrogen (secondary N) is 1. The van der Waals surface area contributed by atoms with Crippen molar-refractivity contribution in [1.29, 1.82) is 0 Å². The number of fused-ring (bicyclic) bond motifs is 1. The molecule has 120 valence electrons. The first kappa shape index (κ1) is 15.4. The van der Waals surface area contributed by atoms with Crippen molar-refractivity contribution in [1.82, 2.24) is 5.32 Å². The predicted molar refractivity (Wildman–Crippen MR) is 81.2 cm³/mol. The number of nitrogens with two attached hydrogens (primary N) is 1. The van der Waals surface area contributed by atoms with E-state index in [0.717, 1.165) is 12.0 Å². The second-order valence-electron chi connectivity index (χ2n) is 5.38. The average molecular weight is 327 g/mol. The lowest BCUT2D eigenvalue weighted by molar-refractivity contribution is -0.132. The second-order valence-corrected chi connectivity index (χ2v) is 5.79. The van der Waals surface area contributed by atoms with E-state index in [-0.39, 0.29) is 12.0 Å². The van der Waals surface area contributed by atoms with Gasteiger partial charge < -0.3 is 25.3 Å². The van der Waals surface area contributed by atoms with Gasteiger partial charge in [-0.1, -0.05) is 11.6 Å². The van der Waals surface area contributed by atoms with Crippen LogP contribution in [0.1, 0.15) is 18.4 Å². The van der Waals surface area contributed by atoms with Crippen molar-refractivity contribution in [3.8, 4) is 11.5 Å². The van der Waals surface area contributed by atoms with Crippen LogP contribution in [0.3, 0.4) is 0 Å². The van der Waals surface area contributed by atoms with Gasteiger partial charge in [-0.05, 0) is 30.5 Å². The molecule has 3 N–H and O–H groups in total. The molecule has 0 unspecified atom stereocenters. The quantitative estimate of drug-likeness (QED) is 0.869. The van der Waals surface area contributed by atoms with Crippen LogP contribution in [0.4, 0.5) is 0 Å². The highest BCUT2D eigenvalue weighted by Crippen LogP contribution is 2.38. The Kier molecular flexibility index (Phi) is 4.71. The zero-order valence-electron chi connectivity index (χ0n) is 12.1. The van der Waals surface area contributed by atoms with E-state index in [4.69, 9.17) is 31.5 Å². The molecule has 2 aliphatic rings. The molecule has 7 heteroatoms. The molecule has 1 aromatic carbocycles. The van der Waals surface area contributed by atoms with E-state index in [2.05, 4.69) is 5.32 Å². The van der Waals surface area contributed by atoms with Gasteiger partial charge in [0.2, 0.25) is 5.91 Å². The first-order chi connectivity index (χ1) is 10.7. The summed E-state index contributed by atoms with van der Waals surface area (Å²) in [5.74, 6) is 1.05. The third kappa shape index (κ3) is 3.29. The van der Waals surface area contributed by atoms with E-state index < -0.39 is 6.10 Å². The number of carbonyl (C=O) groups excluding carboxylic acids is 1. The Balaban J connectivity index is 1.60. The molecule has 0 spiro atoms. The first-order valence-electron chi connectivity index (χ1n) is 7.38. The molecule has 2 heterocycles. The highest BCUT2D eigenvalue weighted by atomic mass is 35.5. The largest absolute Gasteiger partial charge is 0.486 e. The standard InChI is InChI=1S/C15H19ClN2O4/c16-11-5-9(6-13-14(11)21-4-3-20-13)8-18-15(19)12-2-1-10(7-17)22-12/h5-6,10,12H,1-4,7-8,17H2,(H,18,19)/t10-,12+/m1/s1. The number of amides is 1. The summed E-state index contributed by atoms with van der Waals surface area (Å²) in [6, 6.07) is 3.60. The van der Waals surface area contributed by atoms with Gasteiger partial charge in [0.1, 0.15) is 19.3 Å². The molecule has 0 aliphatic carbocycles. The summed E-state index contributed by atoms with van der Waals surface area (Å²) in [5, 5.41) is 3.35. The molecule has 0 radical (unpaired) electrons. The number of hydrogen-bond donors (Lipinski definition) is 2. The van der Waals surface area contributed by atoms with Gasteiger partial charge in [-0.15, -0.1) is 0 Å². The lowest BCUT2D eigenvalue weighted by Gasteiger charge is -2.20. The van der Waals surface area contributed by atoms with Crippen molar-refractivity contribution < 1.29 is 19.0 Å². The second kappa shape index (κ2) is 6.73. The lowest BCUT2D eigenvalue weighted by Crippen LogP contribution is -2.35. The van der Waals surface area contributed by atoms with Crippen LogP contribution in [0.25, 0.3) is 0 Å². The Morgan fingerprint density at radius 2 is 2.14 bits per heavy atom. The van der Waals surface area contributed by atoms with Crippen molar-refractivity contribution in [3.63, 3.8) is 0 Å². The molecule has 6 nitrogen and oxygen atoms in total. The number of halogens is 1. The summed E-state index contributed by atoms with van der Waals surface area (Å²) in [7, 11) is 0. The van der Waals surface area contributed by atoms with E-state index >= 15 is 0 Å². The first-order valence-corrected chi connectivity index (χ1v) is 7.76. The monoisotopic (exact) mass is 326 g/mol. The SMILES string of the molecule is NC[C@H]1CC[C@@H](C(=O)NCc2cc(Cl)c3c(c2)OCCO3)O1. The van der Waals surface area contributed by atoms with E-state index in [9.17, 15) is 4.79 Å². The van der Waals surface area contributed by atoms with Gasteiger partial charge in [0.15, 0.2) is 11.5 Å². The number of rotatable bonds is 4. The van der Waals surface area contributed by atoms with E-state index in [1.54, 1.807) is 6.07 Å². The molecule has 1 aromatic rings. The Bertz CT molecular complexity index is 567. The van der Waals surface area contributed by atoms with Crippen molar-refractivity contribution >= 4 is 17.5 Å². The van der Waals surface area contributed by atoms with E-state index in [1.807, 2.05) is 6.07 Å². The van der Waals surface area contributed by atoms with Crippen LogP contribution in [0.2, 0.25) is 5.02 Å². The fraction of sp³-hybridized carbons (Fsp3) is 0.533. The topological polar surface area (TPSA) is 82.8 Å². The average Bonchev–Trinajstić information content (AvgIpc) is 3.02. The Labute approximate surface area is 133 Å². The number of benzene rings is 1. The fourth-order valence-electron chi connectivity index (χ4n) is 2.64. The minimum atomic E-state index is -0.416. The van der Waals surface area contributed by atoms with Gasteiger partial charge in [-0.3, -0.25) is 4.79 Å². The Morgan fingerprint density at radius 1 is 1.32 bits per heavy atom. The molecule has 2 atom stereocenters. The van der Waals surface area contributed by atoms with Crippen LogP contribution < -0.4 is 20.5 Å². The maximum atomic E-state index is 12.1. The van der Waals surface area contributed by atoms with Crippen LogP contribution >= 0.6 is 11.6 Å². The maximum absolute atomic E-state index is 12.1. The van der Waals surface area contributed by atoms with Gasteiger partial charge in [-0.25, -0.2) is 0 Å². The molecule has 1 amide bonds. The minimum absolute atomic E-state index is 0.0144. The third-order valence-electron chi connectivity index (χ3n) is 3.79. The summed E-state index contributed by atoms with van der Waals surface area (Å²) in [6.07, 6.45) is 1.10. The molecular weight excluding hydrogens is 308 g/mol. The van der Waals surface area contributed by atoms with Crippen LogP contribution in [0, 0.1) is 0 Å². The molecular formula is C15H19ClN2O4. The van der Waals surface area contributed by atoms with Crippen LogP contribution in [-0.4, -0.2) is 37.9 Å². The van der Waals surface area contributed by atoms with Gasteiger partial charge in [0.05, 0.1) is 11.1 Å². The normalized spacial score (nSPS) is 23.4. The smallest absolute Gasteiger partial charge is 0.249 e. The fourth-order valence-corrected chi connectivity index (χ4v) is 2.93. The van der Waals surface area contributed by atoms with Crippen molar-refractivity contribution in [2.24, 2.45) is 5.73 Å². The van der Waals surface area contributed by atoms with E-state index in [0.29, 0.717) is 49.2 Å². The highest BCUT2D eigenvalue weighted by molar-refractivity contribution is 6.32. The molecule has 0 aromatic heterocycles. The minimum Gasteiger partial charge on any atom is -0.486 e. The van der Waals surface area contributed by atoms with Crippen molar-refractivity contribution in [3.05, 3.63) is 22.7 Å². The predicted octanol–water partition coefficient (Wildman–Crippen LogP) is 1.23. The summed E-state index contributed by atoms with van der Waals surface area (Å²) < 4.78 is 16.6. The van der Waals surface area contributed by atoms with Gasteiger partial charge >= 0.3 is 0 Å². The number of ether oxygens (including phenoxy) is 3. The molecule has 0 saturated carbocycles. The Hall–Kier alpha value is -1.50. The molecule has 1 saturated heterocycles. The molecule has 3 rings (SSSR count). The maximum Gasteiger partial charge on any atom is 0.249 e. The lowest BCUT2D eigenvalue weighted by atomic mass is 10.1. The summed E-state index contributed by atoms with van der Waals surface area (Å²) >= 11 is 6.17. The summed E-state index contributed by atoms with van der Waals surface area (Å²) in [4.78, 5) is 12.1. The van der Waals surface area contributed by atoms with E-state index in [1.165, 1.54) is 0 Å². The van der Waals surface area contributed by atoms with Crippen molar-refractivity contribution in [2.75, 3.05) is 19.8 Å². The molecule has 2 aliphatic heterocycles.